The van der Waals surface area contributed by atoms with Gasteiger partial charge in [-0.15, -0.1) is 0 Å². The highest BCUT2D eigenvalue weighted by Crippen LogP contribution is 2.32. The SMILES string of the molecule is Cc1ccc(CCC(=O)N2CCCCC2C(F)(F)F)cc1C. The lowest BCUT2D eigenvalue weighted by Gasteiger charge is -2.36. The molecule has 0 saturated carbocycles. The Morgan fingerprint density at radius 2 is 1.95 bits per heavy atom. The van der Waals surface area contributed by atoms with E-state index in [1.807, 2.05) is 32.0 Å². The van der Waals surface area contributed by atoms with Crippen LogP contribution in [0.5, 0.6) is 0 Å². The predicted octanol–water partition coefficient (Wildman–Crippen LogP) is 4.18. The zero-order valence-electron chi connectivity index (χ0n) is 13.0. The molecule has 0 aliphatic carbocycles. The zero-order chi connectivity index (χ0) is 16.3. The van der Waals surface area contributed by atoms with Gasteiger partial charge >= 0.3 is 6.18 Å². The van der Waals surface area contributed by atoms with E-state index in [0.29, 0.717) is 19.3 Å². The van der Waals surface area contributed by atoms with Gasteiger partial charge in [0.2, 0.25) is 5.91 Å². The fourth-order valence-electron chi connectivity index (χ4n) is 2.92. The first kappa shape index (κ1) is 16.8. The van der Waals surface area contributed by atoms with Crippen LogP contribution in [0.2, 0.25) is 0 Å². The fourth-order valence-corrected chi connectivity index (χ4v) is 2.92. The van der Waals surface area contributed by atoms with Crippen LogP contribution in [-0.4, -0.2) is 29.6 Å². The van der Waals surface area contributed by atoms with Crippen LogP contribution < -0.4 is 0 Å². The lowest BCUT2D eigenvalue weighted by molar-refractivity contribution is -0.195. The van der Waals surface area contributed by atoms with E-state index in [4.69, 9.17) is 0 Å². The second kappa shape index (κ2) is 6.71. The number of hydrogen-bond acceptors (Lipinski definition) is 1. The van der Waals surface area contributed by atoms with Crippen molar-refractivity contribution in [3.05, 3.63) is 34.9 Å². The van der Waals surface area contributed by atoms with Gasteiger partial charge in [0.1, 0.15) is 6.04 Å². The molecule has 0 N–H and O–H groups in total. The molecule has 1 aliphatic heterocycles. The van der Waals surface area contributed by atoms with Crippen LogP contribution in [0.15, 0.2) is 18.2 Å². The summed E-state index contributed by atoms with van der Waals surface area (Å²) in [7, 11) is 0. The Balaban J connectivity index is 1.99. The maximum absolute atomic E-state index is 13.0. The molecule has 0 aromatic heterocycles. The number of hydrogen-bond donors (Lipinski definition) is 0. The summed E-state index contributed by atoms with van der Waals surface area (Å²) in [5.74, 6) is -0.389. The minimum atomic E-state index is -4.32. The number of alkyl halides is 3. The molecule has 1 unspecified atom stereocenters. The molecule has 1 atom stereocenters. The topological polar surface area (TPSA) is 20.3 Å². The number of piperidine rings is 1. The molecule has 122 valence electrons. The smallest absolute Gasteiger partial charge is 0.331 e. The van der Waals surface area contributed by atoms with Gasteiger partial charge in [-0.05, 0) is 56.2 Å². The summed E-state index contributed by atoms with van der Waals surface area (Å²) in [5, 5.41) is 0. The zero-order valence-corrected chi connectivity index (χ0v) is 13.0. The van der Waals surface area contributed by atoms with Crippen LogP contribution in [0.25, 0.3) is 0 Å². The Kier molecular flexibility index (Phi) is 5.14. The summed E-state index contributed by atoms with van der Waals surface area (Å²) in [5.41, 5.74) is 3.30. The van der Waals surface area contributed by atoms with Crippen molar-refractivity contribution in [3.8, 4) is 0 Å². The number of amides is 1. The van der Waals surface area contributed by atoms with Crippen LogP contribution in [0.4, 0.5) is 13.2 Å². The third kappa shape index (κ3) is 4.02. The molecule has 1 aromatic rings. The molecule has 5 heteroatoms. The number of carbonyl (C=O) groups excluding carboxylic acids is 1. The van der Waals surface area contributed by atoms with E-state index in [1.165, 1.54) is 5.56 Å². The third-order valence-corrected chi connectivity index (χ3v) is 4.40. The number of carbonyl (C=O) groups is 1. The predicted molar refractivity (Wildman–Crippen MR) is 79.6 cm³/mol. The first-order valence-corrected chi connectivity index (χ1v) is 7.71. The highest BCUT2D eigenvalue weighted by molar-refractivity contribution is 5.77. The van der Waals surface area contributed by atoms with Crippen molar-refractivity contribution in [1.82, 2.24) is 4.90 Å². The highest BCUT2D eigenvalue weighted by atomic mass is 19.4. The van der Waals surface area contributed by atoms with Gasteiger partial charge in [-0.1, -0.05) is 18.2 Å². The molecule has 22 heavy (non-hydrogen) atoms. The molecule has 1 aliphatic rings. The molecule has 0 bridgehead atoms. The normalized spacial score (nSPS) is 19.3. The Hall–Kier alpha value is -1.52. The van der Waals surface area contributed by atoms with Crippen molar-refractivity contribution in [2.75, 3.05) is 6.54 Å². The molecule has 0 radical (unpaired) electrons. The van der Waals surface area contributed by atoms with Gasteiger partial charge in [-0.2, -0.15) is 13.2 Å². The average molecular weight is 313 g/mol. The van der Waals surface area contributed by atoms with E-state index in [9.17, 15) is 18.0 Å². The van der Waals surface area contributed by atoms with Gasteiger partial charge in [0, 0.05) is 13.0 Å². The quantitative estimate of drug-likeness (QED) is 0.820. The number of rotatable bonds is 3. The number of halogens is 3. The molecule has 2 nitrogen and oxygen atoms in total. The average Bonchev–Trinajstić information content (AvgIpc) is 2.47. The first-order chi connectivity index (χ1) is 10.3. The third-order valence-electron chi connectivity index (χ3n) is 4.40. The van der Waals surface area contributed by atoms with Crippen LogP contribution in [-0.2, 0) is 11.2 Å². The van der Waals surface area contributed by atoms with Crippen LogP contribution in [0.1, 0.15) is 42.4 Å². The lowest BCUT2D eigenvalue weighted by Crippen LogP contribution is -2.51. The highest BCUT2D eigenvalue weighted by Gasteiger charge is 2.45. The van der Waals surface area contributed by atoms with Crippen LogP contribution in [0.3, 0.4) is 0 Å². The first-order valence-electron chi connectivity index (χ1n) is 7.71. The fraction of sp³-hybridized carbons (Fsp3) is 0.588. The molecule has 1 heterocycles. The van der Waals surface area contributed by atoms with Crippen molar-refractivity contribution in [2.45, 2.75) is 58.2 Å². The molecule has 1 saturated heterocycles. The van der Waals surface area contributed by atoms with Gasteiger partial charge < -0.3 is 4.90 Å². The summed E-state index contributed by atoms with van der Waals surface area (Å²) in [6, 6.07) is 4.32. The van der Waals surface area contributed by atoms with E-state index in [-0.39, 0.29) is 25.3 Å². The Bertz CT molecular complexity index is 539. The largest absolute Gasteiger partial charge is 0.408 e. The van der Waals surface area contributed by atoms with Crippen molar-refractivity contribution in [1.29, 1.82) is 0 Å². The van der Waals surface area contributed by atoms with E-state index in [0.717, 1.165) is 16.0 Å². The lowest BCUT2D eigenvalue weighted by atomic mass is 9.99. The number of benzene rings is 1. The maximum Gasteiger partial charge on any atom is 0.408 e. The van der Waals surface area contributed by atoms with Crippen molar-refractivity contribution < 1.29 is 18.0 Å². The summed E-state index contributed by atoms with van der Waals surface area (Å²) >= 11 is 0. The van der Waals surface area contributed by atoms with E-state index < -0.39 is 12.2 Å². The minimum absolute atomic E-state index is 0.0267. The Labute approximate surface area is 129 Å². The van der Waals surface area contributed by atoms with Crippen LogP contribution in [0, 0.1) is 13.8 Å². The summed E-state index contributed by atoms with van der Waals surface area (Å²) < 4.78 is 39.1. The van der Waals surface area contributed by atoms with E-state index in [1.54, 1.807) is 0 Å². The van der Waals surface area contributed by atoms with Crippen molar-refractivity contribution in [3.63, 3.8) is 0 Å². The molecular formula is C17H22F3NO. The Morgan fingerprint density at radius 3 is 2.59 bits per heavy atom. The molecular weight excluding hydrogens is 291 g/mol. The van der Waals surface area contributed by atoms with Gasteiger partial charge in [0.05, 0.1) is 0 Å². The van der Waals surface area contributed by atoms with Gasteiger partial charge in [-0.25, -0.2) is 0 Å². The standard InChI is InChI=1S/C17H22F3NO/c1-12-6-7-14(11-13(12)2)8-9-16(22)21-10-4-3-5-15(21)17(18,19)20/h6-7,11,15H,3-5,8-10H2,1-2H3. The van der Waals surface area contributed by atoms with Gasteiger partial charge in [0.25, 0.3) is 0 Å². The number of likely N-dealkylation sites (tertiary alicyclic amines) is 1. The summed E-state index contributed by atoms with van der Waals surface area (Å²) in [6.07, 6.45) is -2.49. The summed E-state index contributed by atoms with van der Waals surface area (Å²) in [6.45, 7) is 4.22. The molecule has 1 fully saturated rings. The monoisotopic (exact) mass is 313 g/mol. The van der Waals surface area contributed by atoms with Crippen molar-refractivity contribution >= 4 is 5.91 Å². The molecule has 1 amide bonds. The maximum atomic E-state index is 13.0. The molecule has 2 rings (SSSR count). The summed E-state index contributed by atoms with van der Waals surface area (Å²) in [4.78, 5) is 13.2. The second-order valence-corrected chi connectivity index (χ2v) is 6.06. The molecule has 0 spiro atoms. The molecule has 1 aromatic carbocycles. The van der Waals surface area contributed by atoms with Crippen LogP contribution >= 0.6 is 0 Å². The van der Waals surface area contributed by atoms with Gasteiger partial charge in [-0.3, -0.25) is 4.79 Å². The van der Waals surface area contributed by atoms with E-state index in [2.05, 4.69) is 0 Å². The number of nitrogens with zero attached hydrogens (tertiary/aromatic N) is 1. The number of aryl methyl sites for hydroxylation is 3. The van der Waals surface area contributed by atoms with E-state index >= 15 is 0 Å². The minimum Gasteiger partial charge on any atom is -0.331 e. The second-order valence-electron chi connectivity index (χ2n) is 6.06. The van der Waals surface area contributed by atoms with Gasteiger partial charge in [0.15, 0.2) is 0 Å². The Morgan fingerprint density at radius 1 is 1.23 bits per heavy atom. The van der Waals surface area contributed by atoms with Crippen molar-refractivity contribution in [2.24, 2.45) is 0 Å².